The van der Waals surface area contributed by atoms with Crippen LogP contribution in [-0.4, -0.2) is 53.5 Å². The van der Waals surface area contributed by atoms with Gasteiger partial charge in [0.25, 0.3) is 5.91 Å². The van der Waals surface area contributed by atoms with Gasteiger partial charge in [0.1, 0.15) is 0 Å². The number of carbonyl (C=O) groups is 2. The van der Waals surface area contributed by atoms with Gasteiger partial charge in [-0.2, -0.15) is 0 Å². The van der Waals surface area contributed by atoms with Crippen molar-refractivity contribution in [3.8, 4) is 0 Å². The minimum Gasteiger partial charge on any atom is -0.361 e. The first-order chi connectivity index (χ1) is 15.7. The molecule has 0 aliphatic carbocycles. The van der Waals surface area contributed by atoms with Crippen LogP contribution in [0.25, 0.3) is 0 Å². The summed E-state index contributed by atoms with van der Waals surface area (Å²) < 4.78 is 6.30. The van der Waals surface area contributed by atoms with Crippen LogP contribution in [0.2, 0.25) is 0 Å². The highest BCUT2D eigenvalue weighted by Gasteiger charge is 2.58. The first-order valence-corrected chi connectivity index (χ1v) is 11.9. The predicted octanol–water partition coefficient (Wildman–Crippen LogP) is 3.71. The maximum Gasteiger partial charge on any atom is 0.257 e. The summed E-state index contributed by atoms with van der Waals surface area (Å²) in [6, 6.07) is 23.9. The van der Waals surface area contributed by atoms with Gasteiger partial charge in [-0.05, 0) is 22.6 Å². The van der Waals surface area contributed by atoms with Crippen molar-refractivity contribution < 1.29 is 14.3 Å². The van der Waals surface area contributed by atoms with Gasteiger partial charge in [0, 0.05) is 23.9 Å². The molecule has 2 amide bonds. The van der Waals surface area contributed by atoms with Crippen molar-refractivity contribution >= 4 is 23.2 Å². The van der Waals surface area contributed by atoms with Gasteiger partial charge in [-0.3, -0.25) is 9.59 Å². The number of likely N-dealkylation sites (tertiary alicyclic amines) is 1. The fourth-order valence-corrected chi connectivity index (χ4v) is 5.56. The Bertz CT molecular complexity index is 1070. The van der Waals surface area contributed by atoms with Gasteiger partial charge in [0.05, 0.1) is 26.1 Å². The quantitative estimate of drug-likeness (QED) is 0.600. The van der Waals surface area contributed by atoms with Crippen LogP contribution in [0.5, 0.6) is 0 Å². The van der Waals surface area contributed by atoms with Crippen molar-refractivity contribution in [3.63, 3.8) is 0 Å². The molecule has 2 aromatic carbocycles. The molecule has 2 fully saturated rings. The number of nitrogens with zero attached hydrogens (tertiary/aromatic N) is 2. The minimum atomic E-state index is -1.04. The van der Waals surface area contributed by atoms with Crippen LogP contribution in [0.3, 0.4) is 0 Å². The smallest absolute Gasteiger partial charge is 0.257 e. The van der Waals surface area contributed by atoms with Crippen molar-refractivity contribution in [2.45, 2.75) is 24.5 Å². The van der Waals surface area contributed by atoms with E-state index in [1.807, 2.05) is 69.8 Å². The van der Waals surface area contributed by atoms with E-state index in [4.69, 9.17) is 4.74 Å². The van der Waals surface area contributed by atoms with Crippen molar-refractivity contribution in [2.75, 3.05) is 26.2 Å². The van der Waals surface area contributed by atoms with E-state index in [0.717, 1.165) is 16.0 Å². The number of rotatable bonds is 5. The zero-order valence-corrected chi connectivity index (χ0v) is 18.7. The molecule has 5 nitrogen and oxygen atoms in total. The topological polar surface area (TPSA) is 49.9 Å². The average molecular weight is 447 g/mol. The second-order valence-corrected chi connectivity index (χ2v) is 9.48. The van der Waals surface area contributed by atoms with E-state index in [0.29, 0.717) is 32.7 Å². The highest BCUT2D eigenvalue weighted by molar-refractivity contribution is 7.09. The molecule has 6 heteroatoms. The lowest BCUT2D eigenvalue weighted by Crippen LogP contribution is -2.59. The molecule has 32 heavy (non-hydrogen) atoms. The van der Waals surface area contributed by atoms with E-state index in [1.54, 1.807) is 11.3 Å². The van der Waals surface area contributed by atoms with Crippen LogP contribution in [0, 0.1) is 0 Å². The monoisotopic (exact) mass is 446 g/mol. The third-order valence-corrected chi connectivity index (χ3v) is 7.30. The van der Waals surface area contributed by atoms with Gasteiger partial charge in [0.2, 0.25) is 5.91 Å². The van der Waals surface area contributed by atoms with E-state index < -0.39 is 5.60 Å². The Morgan fingerprint density at radius 1 is 1.03 bits per heavy atom. The van der Waals surface area contributed by atoms with Gasteiger partial charge < -0.3 is 14.5 Å². The molecule has 1 spiro atoms. The number of thiophene rings is 1. The number of hydrogen-bond acceptors (Lipinski definition) is 4. The van der Waals surface area contributed by atoms with E-state index >= 15 is 0 Å². The van der Waals surface area contributed by atoms with Gasteiger partial charge in [-0.1, -0.05) is 66.7 Å². The summed E-state index contributed by atoms with van der Waals surface area (Å²) in [6.45, 7) is 2.32. The summed E-state index contributed by atoms with van der Waals surface area (Å²) in [5.74, 6) is -0.101. The fraction of sp³-hybridized carbons (Fsp3) is 0.308. The molecule has 0 bridgehead atoms. The average Bonchev–Trinajstić information content (AvgIpc) is 3.43. The highest BCUT2D eigenvalue weighted by Crippen LogP contribution is 2.42. The lowest BCUT2D eigenvalue weighted by Gasteiger charge is -2.42. The zero-order valence-electron chi connectivity index (χ0n) is 17.9. The molecule has 2 aliphatic rings. The van der Waals surface area contributed by atoms with Gasteiger partial charge >= 0.3 is 0 Å². The van der Waals surface area contributed by atoms with Crippen molar-refractivity contribution in [2.24, 2.45) is 0 Å². The predicted molar refractivity (Wildman–Crippen MR) is 124 cm³/mol. The molecule has 3 heterocycles. The molecule has 5 rings (SSSR count). The van der Waals surface area contributed by atoms with Crippen molar-refractivity contribution in [1.82, 2.24) is 9.80 Å². The highest BCUT2D eigenvalue weighted by atomic mass is 32.1. The van der Waals surface area contributed by atoms with Crippen LogP contribution in [0.1, 0.15) is 21.9 Å². The van der Waals surface area contributed by atoms with E-state index in [2.05, 4.69) is 18.2 Å². The molecular weight excluding hydrogens is 420 g/mol. The number of hydrogen-bond donors (Lipinski definition) is 0. The Morgan fingerprint density at radius 3 is 2.50 bits per heavy atom. The summed E-state index contributed by atoms with van der Waals surface area (Å²) >= 11 is 1.65. The van der Waals surface area contributed by atoms with Crippen LogP contribution in [-0.2, 0) is 27.3 Å². The standard InChI is InChI=1S/C26H26N2O3S/c29-24(16-20-8-3-1-4-9-20)27-13-14-31-26(19-27)23(21-10-5-2-6-11-21)18-28(25(26)30)17-22-12-7-15-32-22/h1-12,15,23H,13-14,16-19H2/t23-,26-/m1/s1. The molecule has 0 saturated carbocycles. The van der Waals surface area contributed by atoms with Crippen molar-refractivity contribution in [3.05, 3.63) is 94.2 Å². The third-order valence-electron chi connectivity index (χ3n) is 6.44. The van der Waals surface area contributed by atoms with Crippen LogP contribution < -0.4 is 0 Å². The molecule has 3 aromatic rings. The van der Waals surface area contributed by atoms with Crippen LogP contribution in [0.15, 0.2) is 78.2 Å². The number of morpholine rings is 1. The minimum absolute atomic E-state index is 0.0167. The molecule has 0 radical (unpaired) electrons. The normalized spacial score (nSPS) is 23.1. The Balaban J connectivity index is 1.43. The second-order valence-electron chi connectivity index (χ2n) is 8.44. The van der Waals surface area contributed by atoms with E-state index in [9.17, 15) is 9.59 Å². The SMILES string of the molecule is O=C(Cc1ccccc1)N1CCO[C@@]2(C1)C(=O)N(Cc1cccs1)C[C@@H]2c1ccccc1. The second kappa shape index (κ2) is 8.88. The number of carbonyl (C=O) groups excluding carboxylic acids is 2. The van der Waals surface area contributed by atoms with Crippen LogP contribution in [0.4, 0.5) is 0 Å². The Hall–Kier alpha value is -2.96. The number of ether oxygens (including phenoxy) is 1. The fourth-order valence-electron chi connectivity index (χ4n) is 4.84. The summed E-state index contributed by atoms with van der Waals surface area (Å²) in [7, 11) is 0. The lowest BCUT2D eigenvalue weighted by atomic mass is 9.83. The molecule has 2 aliphatic heterocycles. The maximum absolute atomic E-state index is 13.8. The summed E-state index contributed by atoms with van der Waals surface area (Å²) in [4.78, 5) is 31.8. The van der Waals surface area contributed by atoms with E-state index in [1.165, 1.54) is 0 Å². The molecule has 164 valence electrons. The first kappa shape index (κ1) is 20.9. The summed E-state index contributed by atoms with van der Waals surface area (Å²) in [6.07, 6.45) is 0.333. The van der Waals surface area contributed by atoms with Gasteiger partial charge in [-0.25, -0.2) is 0 Å². The molecule has 2 atom stereocenters. The first-order valence-electron chi connectivity index (χ1n) is 11.0. The van der Waals surface area contributed by atoms with Gasteiger partial charge in [0.15, 0.2) is 5.60 Å². The van der Waals surface area contributed by atoms with Crippen LogP contribution >= 0.6 is 11.3 Å². The molecule has 2 saturated heterocycles. The Morgan fingerprint density at radius 2 is 1.78 bits per heavy atom. The number of amides is 2. The molecular formula is C26H26N2O3S. The maximum atomic E-state index is 13.8. The Labute approximate surface area is 192 Å². The van der Waals surface area contributed by atoms with Gasteiger partial charge in [-0.15, -0.1) is 11.3 Å². The number of benzene rings is 2. The Kier molecular flexibility index (Phi) is 5.81. The molecule has 0 unspecified atom stereocenters. The molecule has 0 N–H and O–H groups in total. The lowest BCUT2D eigenvalue weighted by molar-refractivity contribution is -0.167. The zero-order chi connectivity index (χ0) is 22.0. The van der Waals surface area contributed by atoms with E-state index in [-0.39, 0.29) is 24.3 Å². The largest absolute Gasteiger partial charge is 0.361 e. The summed E-state index contributed by atoms with van der Waals surface area (Å²) in [5, 5.41) is 2.03. The summed E-state index contributed by atoms with van der Waals surface area (Å²) in [5.41, 5.74) is 1.02. The van der Waals surface area contributed by atoms with Crippen molar-refractivity contribution in [1.29, 1.82) is 0 Å². The third kappa shape index (κ3) is 3.96. The molecule has 1 aromatic heterocycles.